The lowest BCUT2D eigenvalue weighted by atomic mass is 10.1. The Morgan fingerprint density at radius 2 is 1.93 bits per heavy atom. The van der Waals surface area contributed by atoms with Gasteiger partial charge in [-0.25, -0.2) is 0 Å². The molecular formula is C20H20ClN3O3. The maximum absolute atomic E-state index is 12.1. The molecule has 0 fully saturated rings. The molecule has 6 nitrogen and oxygen atoms in total. The number of nitrogens with zero attached hydrogens (tertiary/aromatic N) is 2. The fourth-order valence-corrected chi connectivity index (χ4v) is 2.74. The van der Waals surface area contributed by atoms with Crippen LogP contribution in [-0.2, 0) is 17.6 Å². The van der Waals surface area contributed by atoms with Crippen LogP contribution in [0.2, 0.25) is 5.02 Å². The second kappa shape index (κ2) is 9.19. The van der Waals surface area contributed by atoms with Crippen molar-refractivity contribution in [3.05, 3.63) is 65.0 Å². The molecule has 1 N–H and O–H groups in total. The Kier molecular flexibility index (Phi) is 6.44. The molecule has 2 aromatic carbocycles. The molecule has 1 aromatic heterocycles. The predicted molar refractivity (Wildman–Crippen MR) is 103 cm³/mol. The van der Waals surface area contributed by atoms with Crippen molar-refractivity contribution in [3.8, 4) is 17.2 Å². The van der Waals surface area contributed by atoms with Gasteiger partial charge in [-0.05, 0) is 36.8 Å². The Bertz CT molecular complexity index is 893. The van der Waals surface area contributed by atoms with E-state index in [0.717, 1.165) is 11.3 Å². The quantitative estimate of drug-likeness (QED) is 0.639. The van der Waals surface area contributed by atoms with Gasteiger partial charge in [0.05, 0.1) is 23.6 Å². The minimum absolute atomic E-state index is 0.0648. The first kappa shape index (κ1) is 18.9. The smallest absolute Gasteiger partial charge is 0.249 e. The topological polar surface area (TPSA) is 77.2 Å². The molecule has 7 heteroatoms. The van der Waals surface area contributed by atoms with Crippen LogP contribution in [0.5, 0.6) is 5.75 Å². The molecule has 1 amide bonds. The van der Waals surface area contributed by atoms with Gasteiger partial charge < -0.3 is 14.5 Å². The van der Waals surface area contributed by atoms with Crippen molar-refractivity contribution in [3.63, 3.8) is 0 Å². The van der Waals surface area contributed by atoms with E-state index in [-0.39, 0.29) is 5.91 Å². The molecule has 0 aliphatic carbocycles. The summed E-state index contributed by atoms with van der Waals surface area (Å²) >= 11 is 6.13. The molecule has 27 heavy (non-hydrogen) atoms. The average Bonchev–Trinajstić information content (AvgIpc) is 3.12. The summed E-state index contributed by atoms with van der Waals surface area (Å²) in [5, 5.41) is 11.4. The number of aromatic nitrogens is 2. The number of hydrogen-bond donors (Lipinski definition) is 1. The van der Waals surface area contributed by atoms with E-state index in [1.54, 1.807) is 6.07 Å². The fourth-order valence-electron chi connectivity index (χ4n) is 2.53. The van der Waals surface area contributed by atoms with Crippen LogP contribution < -0.4 is 10.1 Å². The lowest BCUT2D eigenvalue weighted by Gasteiger charge is -2.06. The maximum atomic E-state index is 12.1. The molecule has 0 atom stereocenters. The number of nitrogens with one attached hydrogen (secondary N) is 1. The SMILES string of the molecule is CCOc1ccc(CC(=O)NCCc2nnc(-c3ccccc3Cl)o2)cc1. The summed E-state index contributed by atoms with van der Waals surface area (Å²) in [6.07, 6.45) is 0.758. The highest BCUT2D eigenvalue weighted by Gasteiger charge is 2.11. The lowest BCUT2D eigenvalue weighted by Crippen LogP contribution is -2.27. The number of carbonyl (C=O) groups excluding carboxylic acids is 1. The number of rotatable bonds is 8. The summed E-state index contributed by atoms with van der Waals surface area (Å²) in [5.74, 6) is 1.56. The van der Waals surface area contributed by atoms with Crippen LogP contribution in [0.1, 0.15) is 18.4 Å². The Morgan fingerprint density at radius 3 is 2.67 bits per heavy atom. The van der Waals surface area contributed by atoms with Gasteiger partial charge in [0, 0.05) is 13.0 Å². The molecule has 0 spiro atoms. The Morgan fingerprint density at radius 1 is 1.15 bits per heavy atom. The molecule has 0 unspecified atom stereocenters. The van der Waals surface area contributed by atoms with Gasteiger partial charge in [-0.3, -0.25) is 4.79 Å². The van der Waals surface area contributed by atoms with Crippen molar-refractivity contribution >= 4 is 17.5 Å². The van der Waals surface area contributed by atoms with Crippen LogP contribution in [0.25, 0.3) is 11.5 Å². The van der Waals surface area contributed by atoms with Crippen LogP contribution in [0.15, 0.2) is 52.9 Å². The third-order valence-corrected chi connectivity index (χ3v) is 4.16. The van der Waals surface area contributed by atoms with E-state index < -0.39 is 0 Å². The number of ether oxygens (including phenoxy) is 1. The van der Waals surface area contributed by atoms with Gasteiger partial charge in [-0.1, -0.05) is 35.9 Å². The molecule has 140 valence electrons. The number of benzene rings is 2. The van der Waals surface area contributed by atoms with Gasteiger partial charge in [0.25, 0.3) is 0 Å². The highest BCUT2D eigenvalue weighted by atomic mass is 35.5. The van der Waals surface area contributed by atoms with Gasteiger partial charge in [0.1, 0.15) is 5.75 Å². The summed E-state index contributed by atoms with van der Waals surface area (Å²) in [5.41, 5.74) is 1.62. The van der Waals surface area contributed by atoms with E-state index in [4.69, 9.17) is 20.8 Å². The van der Waals surface area contributed by atoms with E-state index in [9.17, 15) is 4.79 Å². The maximum Gasteiger partial charge on any atom is 0.249 e. The second-order valence-electron chi connectivity index (χ2n) is 5.83. The number of carbonyl (C=O) groups is 1. The van der Waals surface area contributed by atoms with Crippen LogP contribution >= 0.6 is 11.6 Å². The van der Waals surface area contributed by atoms with E-state index >= 15 is 0 Å². The van der Waals surface area contributed by atoms with Crippen LogP contribution in [0.3, 0.4) is 0 Å². The molecule has 0 saturated carbocycles. The molecule has 0 saturated heterocycles. The lowest BCUT2D eigenvalue weighted by molar-refractivity contribution is -0.120. The summed E-state index contributed by atoms with van der Waals surface area (Å²) < 4.78 is 11.0. The van der Waals surface area contributed by atoms with Crippen molar-refractivity contribution < 1.29 is 13.9 Å². The van der Waals surface area contributed by atoms with Crippen LogP contribution in [0, 0.1) is 0 Å². The molecule has 0 radical (unpaired) electrons. The van der Waals surface area contributed by atoms with Gasteiger partial charge in [-0.2, -0.15) is 0 Å². The van der Waals surface area contributed by atoms with Gasteiger partial charge in [0.2, 0.25) is 17.7 Å². The fraction of sp³-hybridized carbons (Fsp3) is 0.250. The summed E-state index contributed by atoms with van der Waals surface area (Å²) in [6.45, 7) is 2.97. The first-order chi connectivity index (χ1) is 13.2. The summed E-state index contributed by atoms with van der Waals surface area (Å²) in [6, 6.07) is 14.8. The Hall–Kier alpha value is -2.86. The van der Waals surface area contributed by atoms with E-state index in [2.05, 4.69) is 15.5 Å². The monoisotopic (exact) mass is 385 g/mol. The third kappa shape index (κ3) is 5.31. The first-order valence-electron chi connectivity index (χ1n) is 8.71. The third-order valence-electron chi connectivity index (χ3n) is 3.83. The standard InChI is InChI=1S/C20H20ClN3O3/c1-2-26-15-9-7-14(8-10-15)13-18(25)22-12-11-19-23-24-20(27-19)16-5-3-4-6-17(16)21/h3-10H,2,11-13H2,1H3,(H,22,25). The number of hydrogen-bond acceptors (Lipinski definition) is 5. The van der Waals surface area contributed by atoms with E-state index in [1.807, 2.05) is 49.4 Å². The Labute approximate surface area is 162 Å². The Balaban J connectivity index is 1.47. The highest BCUT2D eigenvalue weighted by Crippen LogP contribution is 2.26. The zero-order valence-electron chi connectivity index (χ0n) is 14.9. The largest absolute Gasteiger partial charge is 0.494 e. The highest BCUT2D eigenvalue weighted by molar-refractivity contribution is 6.33. The van der Waals surface area contributed by atoms with E-state index in [0.29, 0.717) is 48.4 Å². The predicted octanol–water partition coefficient (Wildman–Crippen LogP) is 3.69. The molecule has 1 heterocycles. The molecule has 3 rings (SSSR count). The van der Waals surface area contributed by atoms with Crippen LogP contribution in [-0.4, -0.2) is 29.3 Å². The normalized spacial score (nSPS) is 10.6. The van der Waals surface area contributed by atoms with Gasteiger partial charge >= 0.3 is 0 Å². The molecule has 0 aliphatic heterocycles. The van der Waals surface area contributed by atoms with Gasteiger partial charge in [0.15, 0.2) is 0 Å². The molecule has 0 bridgehead atoms. The minimum Gasteiger partial charge on any atom is -0.494 e. The second-order valence-corrected chi connectivity index (χ2v) is 6.24. The summed E-state index contributed by atoms with van der Waals surface area (Å²) in [4.78, 5) is 12.1. The molecule has 3 aromatic rings. The van der Waals surface area contributed by atoms with E-state index in [1.165, 1.54) is 0 Å². The number of amides is 1. The van der Waals surface area contributed by atoms with Crippen molar-refractivity contribution in [2.75, 3.05) is 13.2 Å². The van der Waals surface area contributed by atoms with Gasteiger partial charge in [-0.15, -0.1) is 10.2 Å². The zero-order valence-corrected chi connectivity index (χ0v) is 15.7. The van der Waals surface area contributed by atoms with Crippen molar-refractivity contribution in [2.24, 2.45) is 0 Å². The molecule has 0 aliphatic rings. The summed E-state index contributed by atoms with van der Waals surface area (Å²) in [7, 11) is 0. The first-order valence-corrected chi connectivity index (χ1v) is 9.09. The minimum atomic E-state index is -0.0648. The average molecular weight is 386 g/mol. The van der Waals surface area contributed by atoms with Crippen molar-refractivity contribution in [1.29, 1.82) is 0 Å². The van der Waals surface area contributed by atoms with Crippen LogP contribution in [0.4, 0.5) is 0 Å². The number of halogens is 1. The van der Waals surface area contributed by atoms with Crippen molar-refractivity contribution in [1.82, 2.24) is 15.5 Å². The molecular weight excluding hydrogens is 366 g/mol. The van der Waals surface area contributed by atoms with Crippen molar-refractivity contribution in [2.45, 2.75) is 19.8 Å². The zero-order chi connectivity index (χ0) is 19.1.